The highest BCUT2D eigenvalue weighted by atomic mass is 32.2. The summed E-state index contributed by atoms with van der Waals surface area (Å²) in [4.78, 5) is 21.2. The Bertz CT molecular complexity index is 459. The van der Waals surface area contributed by atoms with Crippen molar-refractivity contribution in [2.24, 2.45) is 0 Å². The third kappa shape index (κ3) is 1.12. The predicted molar refractivity (Wildman–Crippen MR) is 48.5 cm³/mol. The number of hydrogen-bond acceptors (Lipinski definition) is 3. The molecule has 0 atom stereocenters. The van der Waals surface area contributed by atoms with Crippen LogP contribution in [0.4, 0.5) is 0 Å². The maximum atomic E-state index is 10.8. The molecule has 2 aromatic heterocycles. The van der Waals surface area contributed by atoms with Crippen LogP contribution in [0.1, 0.15) is 0 Å². The summed E-state index contributed by atoms with van der Waals surface area (Å²) in [6.07, 6.45) is 3.70. The minimum absolute atomic E-state index is 0.212. The topological polar surface area (TPSA) is 61.5 Å². The number of nitrogens with zero attached hydrogens (tertiary/aromatic N) is 1. The Morgan fingerprint density at radius 1 is 1.50 bits per heavy atom. The van der Waals surface area contributed by atoms with Gasteiger partial charge in [-0.3, -0.25) is 4.98 Å². The van der Waals surface area contributed by atoms with E-state index in [1.165, 1.54) is 0 Å². The number of H-pyrrole nitrogens is 2. The molecule has 4 nitrogen and oxygen atoms in total. The van der Waals surface area contributed by atoms with E-state index in [0.717, 1.165) is 10.4 Å². The lowest BCUT2D eigenvalue weighted by molar-refractivity contribution is 1.20. The van der Waals surface area contributed by atoms with Gasteiger partial charge in [0, 0.05) is 11.1 Å². The Morgan fingerprint density at radius 3 is 3.08 bits per heavy atom. The number of nitrogens with one attached hydrogen (secondary N) is 2. The second-order valence-corrected chi connectivity index (χ2v) is 3.23. The highest BCUT2D eigenvalue weighted by molar-refractivity contribution is 7.98. The molecule has 0 fully saturated rings. The van der Waals surface area contributed by atoms with E-state index < -0.39 is 0 Å². The number of hydrogen-bond donors (Lipinski definition) is 2. The maximum Gasteiger partial charge on any atom is 0.325 e. The summed E-state index contributed by atoms with van der Waals surface area (Å²) in [5.41, 5.74) is 1.15. The lowest BCUT2D eigenvalue weighted by atomic mass is 10.4. The first-order valence-corrected chi connectivity index (χ1v) is 4.64. The van der Waals surface area contributed by atoms with Gasteiger partial charge in [-0.25, -0.2) is 9.78 Å². The summed E-state index contributed by atoms with van der Waals surface area (Å²) in [5.74, 6) is 0. The monoisotopic (exact) mass is 181 g/mol. The number of imidazole rings is 1. The van der Waals surface area contributed by atoms with E-state index in [0.29, 0.717) is 5.65 Å². The molecule has 0 saturated heterocycles. The molecule has 0 aliphatic heterocycles. The van der Waals surface area contributed by atoms with E-state index in [-0.39, 0.29) is 5.69 Å². The number of aromatic amines is 2. The zero-order valence-corrected chi connectivity index (χ0v) is 7.23. The van der Waals surface area contributed by atoms with Crippen molar-refractivity contribution in [1.82, 2.24) is 15.0 Å². The van der Waals surface area contributed by atoms with E-state index >= 15 is 0 Å². The molecular weight excluding hydrogens is 174 g/mol. The van der Waals surface area contributed by atoms with Crippen LogP contribution < -0.4 is 5.69 Å². The first kappa shape index (κ1) is 7.42. The van der Waals surface area contributed by atoms with E-state index in [4.69, 9.17) is 0 Å². The third-order valence-corrected chi connectivity index (χ3v) is 2.27. The van der Waals surface area contributed by atoms with Crippen molar-refractivity contribution in [1.29, 1.82) is 0 Å². The van der Waals surface area contributed by atoms with E-state index in [9.17, 15) is 4.79 Å². The fraction of sp³-hybridized carbons (Fsp3) is 0.143. The Kier molecular flexibility index (Phi) is 1.65. The molecule has 0 bridgehead atoms. The number of aromatic nitrogens is 3. The van der Waals surface area contributed by atoms with Crippen LogP contribution >= 0.6 is 11.8 Å². The summed E-state index contributed by atoms with van der Waals surface area (Å²) in [7, 11) is 0. The summed E-state index contributed by atoms with van der Waals surface area (Å²) in [5, 5.41) is 0. The summed E-state index contributed by atoms with van der Waals surface area (Å²) in [6, 6.07) is 1.89. The quantitative estimate of drug-likeness (QED) is 0.644. The molecule has 0 amide bonds. The maximum absolute atomic E-state index is 10.8. The van der Waals surface area contributed by atoms with Gasteiger partial charge < -0.3 is 4.98 Å². The lowest BCUT2D eigenvalue weighted by Crippen LogP contribution is -1.99. The van der Waals surface area contributed by atoms with Gasteiger partial charge in [0.05, 0.1) is 5.52 Å². The Balaban J connectivity index is 2.74. The molecule has 0 aliphatic rings. The normalized spacial score (nSPS) is 10.8. The molecule has 62 valence electrons. The second-order valence-electron chi connectivity index (χ2n) is 2.35. The number of thioether (sulfide) groups is 1. The van der Waals surface area contributed by atoms with Gasteiger partial charge in [-0.05, 0) is 12.3 Å². The SMILES string of the molecule is CSc1cnc2[nH]c(=O)[nH]c2c1. The minimum atomic E-state index is -0.212. The number of fused-ring (bicyclic) bond motifs is 1. The van der Waals surface area contributed by atoms with Crippen molar-refractivity contribution in [2.45, 2.75) is 4.90 Å². The fourth-order valence-electron chi connectivity index (χ4n) is 1.01. The van der Waals surface area contributed by atoms with Gasteiger partial charge in [-0.15, -0.1) is 11.8 Å². The summed E-state index contributed by atoms with van der Waals surface area (Å²) >= 11 is 1.59. The third-order valence-electron chi connectivity index (χ3n) is 1.58. The molecule has 0 aliphatic carbocycles. The van der Waals surface area contributed by atoms with Gasteiger partial charge >= 0.3 is 5.69 Å². The van der Waals surface area contributed by atoms with Crippen LogP contribution in [0.3, 0.4) is 0 Å². The molecule has 2 heterocycles. The molecule has 0 unspecified atom stereocenters. The zero-order valence-electron chi connectivity index (χ0n) is 6.42. The first-order valence-electron chi connectivity index (χ1n) is 3.41. The smallest absolute Gasteiger partial charge is 0.304 e. The van der Waals surface area contributed by atoms with Gasteiger partial charge in [0.25, 0.3) is 0 Å². The van der Waals surface area contributed by atoms with Crippen LogP contribution in [0.5, 0.6) is 0 Å². The van der Waals surface area contributed by atoms with Crippen LogP contribution in [0.25, 0.3) is 11.2 Å². The van der Waals surface area contributed by atoms with Crippen LogP contribution in [0.2, 0.25) is 0 Å². The largest absolute Gasteiger partial charge is 0.325 e. The Morgan fingerprint density at radius 2 is 2.33 bits per heavy atom. The molecule has 12 heavy (non-hydrogen) atoms. The Hall–Kier alpha value is -1.23. The van der Waals surface area contributed by atoms with Crippen LogP contribution in [-0.4, -0.2) is 21.2 Å². The molecule has 2 N–H and O–H groups in total. The highest BCUT2D eigenvalue weighted by Crippen LogP contribution is 2.15. The van der Waals surface area contributed by atoms with E-state index in [2.05, 4.69) is 15.0 Å². The lowest BCUT2D eigenvalue weighted by Gasteiger charge is -1.92. The van der Waals surface area contributed by atoms with Gasteiger partial charge in [0.2, 0.25) is 0 Å². The van der Waals surface area contributed by atoms with Crippen molar-refractivity contribution in [3.05, 3.63) is 22.7 Å². The molecule has 0 spiro atoms. The number of rotatable bonds is 1. The molecule has 0 saturated carbocycles. The molecular formula is C7H7N3OS. The van der Waals surface area contributed by atoms with Crippen molar-refractivity contribution in [2.75, 3.05) is 6.26 Å². The molecule has 2 aromatic rings. The average molecular weight is 181 g/mol. The molecule has 2 rings (SSSR count). The standard InChI is InChI=1S/C7H7N3OS/c1-12-4-2-5-6(8-3-4)10-7(11)9-5/h2-3H,1H3,(H2,8,9,10,11). The van der Waals surface area contributed by atoms with Gasteiger partial charge in [0.15, 0.2) is 5.65 Å². The average Bonchev–Trinajstić information content (AvgIpc) is 2.43. The van der Waals surface area contributed by atoms with Gasteiger partial charge in [0.1, 0.15) is 0 Å². The van der Waals surface area contributed by atoms with Crippen LogP contribution in [-0.2, 0) is 0 Å². The highest BCUT2D eigenvalue weighted by Gasteiger charge is 1.99. The van der Waals surface area contributed by atoms with Crippen molar-refractivity contribution in [3.8, 4) is 0 Å². The Labute approximate surface area is 72.4 Å². The van der Waals surface area contributed by atoms with E-state index in [1.807, 2.05) is 12.3 Å². The second kappa shape index (κ2) is 2.67. The van der Waals surface area contributed by atoms with Crippen LogP contribution in [0.15, 0.2) is 22.0 Å². The van der Waals surface area contributed by atoms with Crippen LogP contribution in [0, 0.1) is 0 Å². The first-order chi connectivity index (χ1) is 5.79. The van der Waals surface area contributed by atoms with Crippen molar-refractivity contribution < 1.29 is 0 Å². The minimum Gasteiger partial charge on any atom is -0.304 e. The van der Waals surface area contributed by atoms with Gasteiger partial charge in [-0.1, -0.05) is 0 Å². The van der Waals surface area contributed by atoms with Crippen molar-refractivity contribution in [3.63, 3.8) is 0 Å². The fourth-order valence-corrected chi connectivity index (χ4v) is 1.41. The summed E-state index contributed by atoms with van der Waals surface area (Å²) < 4.78 is 0. The van der Waals surface area contributed by atoms with Gasteiger partial charge in [-0.2, -0.15) is 0 Å². The summed E-state index contributed by atoms with van der Waals surface area (Å²) in [6.45, 7) is 0. The zero-order chi connectivity index (χ0) is 8.55. The molecule has 0 aromatic carbocycles. The van der Waals surface area contributed by atoms with Crippen molar-refractivity contribution >= 4 is 22.9 Å². The molecule has 5 heteroatoms. The molecule has 0 radical (unpaired) electrons. The number of pyridine rings is 1. The predicted octanol–water partition coefficient (Wildman–Crippen LogP) is 0.973. The van der Waals surface area contributed by atoms with E-state index in [1.54, 1.807) is 18.0 Å².